The molecule has 110 valence electrons. The van der Waals surface area contributed by atoms with Crippen molar-refractivity contribution >= 4 is 17.4 Å². The number of nitrogens with zero attached hydrogens (tertiary/aromatic N) is 1. The molecule has 0 radical (unpaired) electrons. The van der Waals surface area contributed by atoms with Gasteiger partial charge in [0.2, 0.25) is 5.88 Å². The molecule has 1 atom stereocenters. The number of nitrogens with one attached hydrogen (secondary N) is 2. The molecule has 0 aliphatic heterocycles. The fourth-order valence-corrected chi connectivity index (χ4v) is 1.77. The van der Waals surface area contributed by atoms with Gasteiger partial charge in [0.05, 0.1) is 19.0 Å². The van der Waals surface area contributed by atoms with E-state index in [0.717, 1.165) is 5.56 Å². The van der Waals surface area contributed by atoms with E-state index < -0.39 is 0 Å². The second kappa shape index (κ2) is 6.71. The van der Waals surface area contributed by atoms with E-state index >= 15 is 0 Å². The van der Waals surface area contributed by atoms with Gasteiger partial charge in [-0.2, -0.15) is 0 Å². The first kappa shape index (κ1) is 14.8. The maximum absolute atomic E-state index is 11.9. The lowest BCUT2D eigenvalue weighted by atomic mass is 10.1. The number of hydrogen-bond acceptors (Lipinski definition) is 4. The van der Waals surface area contributed by atoms with Gasteiger partial charge in [-0.05, 0) is 30.7 Å². The second-order valence-electron chi connectivity index (χ2n) is 4.58. The van der Waals surface area contributed by atoms with Gasteiger partial charge in [0, 0.05) is 17.8 Å². The molecular formula is C15H18N4O2. The number of amides is 2. The number of methoxy groups -OCH3 is 1. The summed E-state index contributed by atoms with van der Waals surface area (Å²) in [6.45, 7) is 1.89. The third kappa shape index (κ3) is 4.19. The topological polar surface area (TPSA) is 89.3 Å². The van der Waals surface area contributed by atoms with Crippen LogP contribution in [-0.4, -0.2) is 18.1 Å². The van der Waals surface area contributed by atoms with Crippen LogP contribution in [0.4, 0.5) is 16.2 Å². The van der Waals surface area contributed by atoms with Gasteiger partial charge < -0.3 is 21.1 Å². The van der Waals surface area contributed by atoms with Crippen molar-refractivity contribution < 1.29 is 9.53 Å². The zero-order valence-electron chi connectivity index (χ0n) is 12.0. The Balaban J connectivity index is 1.99. The minimum atomic E-state index is -0.344. The average Bonchev–Trinajstić information content (AvgIpc) is 2.48. The molecule has 0 fully saturated rings. The molecular weight excluding hydrogens is 268 g/mol. The summed E-state index contributed by atoms with van der Waals surface area (Å²) in [5.74, 6) is 0.491. The van der Waals surface area contributed by atoms with Crippen molar-refractivity contribution in [3.05, 3.63) is 48.2 Å². The molecule has 0 bridgehead atoms. The van der Waals surface area contributed by atoms with E-state index in [2.05, 4.69) is 15.6 Å². The van der Waals surface area contributed by atoms with Crippen molar-refractivity contribution in [2.45, 2.75) is 13.0 Å². The number of ether oxygens (including phenoxy) is 1. The van der Waals surface area contributed by atoms with Crippen LogP contribution in [0.25, 0.3) is 0 Å². The summed E-state index contributed by atoms with van der Waals surface area (Å²) in [4.78, 5) is 15.9. The van der Waals surface area contributed by atoms with Crippen LogP contribution in [-0.2, 0) is 0 Å². The number of rotatable bonds is 4. The molecule has 1 aromatic heterocycles. The van der Waals surface area contributed by atoms with Gasteiger partial charge in [-0.15, -0.1) is 0 Å². The van der Waals surface area contributed by atoms with Crippen LogP contribution in [0.2, 0.25) is 0 Å². The fourth-order valence-electron chi connectivity index (χ4n) is 1.77. The van der Waals surface area contributed by atoms with Gasteiger partial charge in [-0.3, -0.25) is 0 Å². The number of anilines is 2. The summed E-state index contributed by atoms with van der Waals surface area (Å²) in [5, 5.41) is 5.44. The number of urea groups is 1. The minimum absolute atomic E-state index is 0.0828. The van der Waals surface area contributed by atoms with Crippen molar-refractivity contribution in [1.29, 1.82) is 0 Å². The molecule has 21 heavy (non-hydrogen) atoms. The highest BCUT2D eigenvalue weighted by molar-refractivity contribution is 5.99. The van der Waals surface area contributed by atoms with Crippen molar-refractivity contribution in [1.82, 2.24) is 4.98 Å². The molecule has 2 aromatic rings. The first-order valence-corrected chi connectivity index (χ1v) is 6.52. The number of aromatic nitrogens is 1. The molecule has 1 heterocycles. The number of pyridine rings is 1. The molecule has 4 N–H and O–H groups in total. The van der Waals surface area contributed by atoms with Crippen LogP contribution in [0.1, 0.15) is 18.5 Å². The number of benzene rings is 1. The highest BCUT2D eigenvalue weighted by Gasteiger charge is 2.05. The lowest BCUT2D eigenvalue weighted by Crippen LogP contribution is -2.19. The summed E-state index contributed by atoms with van der Waals surface area (Å²) < 4.78 is 4.95. The number of carbonyl (C=O) groups is 1. The third-order valence-corrected chi connectivity index (χ3v) is 2.87. The average molecular weight is 286 g/mol. The fraction of sp³-hybridized carbons (Fsp3) is 0.200. The maximum Gasteiger partial charge on any atom is 0.323 e. The Bertz CT molecular complexity index is 611. The van der Waals surface area contributed by atoms with Crippen LogP contribution in [0.15, 0.2) is 42.6 Å². The lowest BCUT2D eigenvalue weighted by molar-refractivity contribution is 0.262. The molecule has 2 rings (SSSR count). The SMILES string of the molecule is COc1ccc(NC(=O)Nc2cccc(C(C)N)c2)cn1. The predicted octanol–water partition coefficient (Wildman–Crippen LogP) is 2.75. The summed E-state index contributed by atoms with van der Waals surface area (Å²) in [7, 11) is 1.54. The molecule has 2 amide bonds. The van der Waals surface area contributed by atoms with Crippen molar-refractivity contribution in [3.8, 4) is 5.88 Å². The maximum atomic E-state index is 11.9. The van der Waals surface area contributed by atoms with E-state index in [1.165, 1.54) is 13.3 Å². The molecule has 0 aliphatic rings. The quantitative estimate of drug-likeness (QED) is 0.806. The molecule has 0 saturated carbocycles. The monoisotopic (exact) mass is 286 g/mol. The Labute approximate surface area is 123 Å². The number of carbonyl (C=O) groups excluding carboxylic acids is 1. The van der Waals surface area contributed by atoms with Crippen LogP contribution in [0, 0.1) is 0 Å². The minimum Gasteiger partial charge on any atom is -0.481 e. The third-order valence-electron chi connectivity index (χ3n) is 2.87. The summed E-state index contributed by atoms with van der Waals surface area (Å²) in [6.07, 6.45) is 1.52. The normalized spacial score (nSPS) is 11.6. The largest absolute Gasteiger partial charge is 0.481 e. The first-order valence-electron chi connectivity index (χ1n) is 6.52. The smallest absolute Gasteiger partial charge is 0.323 e. The van der Waals surface area contributed by atoms with Crippen molar-refractivity contribution in [3.63, 3.8) is 0 Å². The lowest BCUT2D eigenvalue weighted by Gasteiger charge is -2.10. The molecule has 6 nitrogen and oxygen atoms in total. The van der Waals surface area contributed by atoms with E-state index in [1.54, 1.807) is 18.2 Å². The van der Waals surface area contributed by atoms with E-state index in [4.69, 9.17) is 10.5 Å². The Morgan fingerprint density at radius 2 is 2.00 bits per heavy atom. The summed E-state index contributed by atoms with van der Waals surface area (Å²) in [5.41, 5.74) is 8.04. The van der Waals surface area contributed by atoms with E-state index in [9.17, 15) is 4.79 Å². The highest BCUT2D eigenvalue weighted by atomic mass is 16.5. The second-order valence-corrected chi connectivity index (χ2v) is 4.58. The predicted molar refractivity (Wildman–Crippen MR) is 82.5 cm³/mol. The Morgan fingerprint density at radius 1 is 1.24 bits per heavy atom. The molecule has 6 heteroatoms. The van der Waals surface area contributed by atoms with E-state index in [0.29, 0.717) is 17.3 Å². The van der Waals surface area contributed by atoms with Crippen LogP contribution in [0.5, 0.6) is 5.88 Å². The van der Waals surface area contributed by atoms with Gasteiger partial charge in [-0.1, -0.05) is 12.1 Å². The molecule has 0 spiro atoms. The standard InChI is InChI=1S/C15H18N4O2/c1-10(16)11-4-3-5-12(8-11)18-15(20)19-13-6-7-14(21-2)17-9-13/h3-10H,16H2,1-2H3,(H2,18,19,20). The number of hydrogen-bond donors (Lipinski definition) is 3. The Morgan fingerprint density at radius 3 is 2.62 bits per heavy atom. The molecule has 0 aliphatic carbocycles. The Hall–Kier alpha value is -2.60. The zero-order valence-corrected chi connectivity index (χ0v) is 12.0. The van der Waals surface area contributed by atoms with E-state index in [1.807, 2.05) is 25.1 Å². The molecule has 0 saturated heterocycles. The van der Waals surface area contributed by atoms with Gasteiger partial charge >= 0.3 is 6.03 Å². The summed E-state index contributed by atoms with van der Waals surface area (Å²) in [6, 6.07) is 10.4. The van der Waals surface area contributed by atoms with Gasteiger partial charge in [0.25, 0.3) is 0 Å². The van der Waals surface area contributed by atoms with Crippen LogP contribution in [0.3, 0.4) is 0 Å². The van der Waals surface area contributed by atoms with Crippen molar-refractivity contribution in [2.75, 3.05) is 17.7 Å². The van der Waals surface area contributed by atoms with Gasteiger partial charge in [0.1, 0.15) is 0 Å². The zero-order chi connectivity index (χ0) is 15.2. The molecule has 1 aromatic carbocycles. The number of nitrogens with two attached hydrogens (primary N) is 1. The molecule has 1 unspecified atom stereocenters. The van der Waals surface area contributed by atoms with E-state index in [-0.39, 0.29) is 12.1 Å². The van der Waals surface area contributed by atoms with Gasteiger partial charge in [-0.25, -0.2) is 9.78 Å². The first-order chi connectivity index (χ1) is 10.1. The highest BCUT2D eigenvalue weighted by Crippen LogP contribution is 2.16. The van der Waals surface area contributed by atoms with Gasteiger partial charge in [0.15, 0.2) is 0 Å². The van der Waals surface area contributed by atoms with Crippen molar-refractivity contribution in [2.24, 2.45) is 5.73 Å². The Kier molecular flexibility index (Phi) is 4.73. The van der Waals surface area contributed by atoms with Crippen LogP contribution < -0.4 is 21.1 Å². The summed E-state index contributed by atoms with van der Waals surface area (Å²) >= 11 is 0. The van der Waals surface area contributed by atoms with Crippen LogP contribution >= 0.6 is 0 Å².